The Morgan fingerprint density at radius 3 is 1.10 bits per heavy atom. The largest absolute Gasteiger partial charge is 0.410 e. The first-order chi connectivity index (χ1) is 13.7. The number of hydrogen-bond donors (Lipinski definition) is 0. The van der Waals surface area contributed by atoms with Gasteiger partial charge < -0.3 is 13.4 Å². The number of rotatable bonds is 18. The van der Waals surface area contributed by atoms with Crippen LogP contribution in [0, 0.1) is 0 Å². The molecule has 176 valence electrons. The third kappa shape index (κ3) is 8.91. The Labute approximate surface area is 191 Å². The fourth-order valence-corrected chi connectivity index (χ4v) is 17.8. The van der Waals surface area contributed by atoms with Crippen molar-refractivity contribution in [3.8, 4) is 0 Å². The highest BCUT2D eigenvalue weighted by atomic mass is 32.4. The Morgan fingerprint density at radius 2 is 0.862 bits per heavy atom. The summed E-state index contributed by atoms with van der Waals surface area (Å²) >= 11 is 6.24. The van der Waals surface area contributed by atoms with Gasteiger partial charge in [-0.25, -0.2) is 0 Å². The summed E-state index contributed by atoms with van der Waals surface area (Å²) in [5, 5.41) is 0. The van der Waals surface area contributed by atoms with E-state index < -0.39 is 31.0 Å². The maximum Gasteiger partial charge on any atom is 0.192 e. The van der Waals surface area contributed by atoms with Gasteiger partial charge in [-0.15, -0.1) is 0 Å². The normalized spacial score (nSPS) is 13.8. The van der Waals surface area contributed by atoms with Crippen molar-refractivity contribution in [3.63, 3.8) is 0 Å². The van der Waals surface area contributed by atoms with E-state index in [9.17, 15) is 0 Å². The predicted molar refractivity (Wildman–Crippen MR) is 144 cm³/mol. The van der Waals surface area contributed by atoms with Crippen molar-refractivity contribution in [1.29, 1.82) is 0 Å². The van der Waals surface area contributed by atoms with E-state index in [2.05, 4.69) is 62.3 Å². The molecule has 0 radical (unpaired) electrons. The second-order valence-electron chi connectivity index (χ2n) is 8.68. The Bertz CT molecular complexity index is 390. The minimum Gasteiger partial charge on any atom is -0.410 e. The minimum absolute atomic E-state index is 0.618. The minimum atomic E-state index is -2.13. The fraction of sp³-hybridized carbons (Fsp3) is 1.00. The van der Waals surface area contributed by atoms with Crippen molar-refractivity contribution in [2.24, 2.45) is 0 Å². The van der Waals surface area contributed by atoms with Crippen LogP contribution in [0.2, 0.25) is 54.4 Å². The van der Waals surface area contributed by atoms with Crippen molar-refractivity contribution in [1.82, 2.24) is 0 Å². The summed E-state index contributed by atoms with van der Waals surface area (Å²) in [5.74, 6) is 0. The molecular weight excluding hydrogens is 448 g/mol. The van der Waals surface area contributed by atoms with Gasteiger partial charge in [0.2, 0.25) is 0 Å². The van der Waals surface area contributed by atoms with Crippen LogP contribution in [0.5, 0.6) is 0 Å². The second kappa shape index (κ2) is 14.4. The van der Waals surface area contributed by atoms with Gasteiger partial charge >= 0.3 is 0 Å². The molecule has 0 bridgehead atoms. The number of hydrogen-bond acceptors (Lipinski definition) is 4. The van der Waals surface area contributed by atoms with Gasteiger partial charge in [-0.3, -0.25) is 0 Å². The lowest BCUT2D eigenvalue weighted by Gasteiger charge is -2.37. The summed E-state index contributed by atoms with van der Waals surface area (Å²) in [6.07, 6.45) is -0.0102. The molecule has 0 aliphatic carbocycles. The molecule has 0 aliphatic heterocycles. The smallest absolute Gasteiger partial charge is 0.192 e. The molecule has 0 saturated heterocycles. The van der Waals surface area contributed by atoms with Crippen LogP contribution in [0.1, 0.15) is 62.3 Å². The Balaban J connectivity index is 5.53. The highest BCUT2D eigenvalue weighted by Gasteiger charge is 2.37. The molecule has 29 heavy (non-hydrogen) atoms. The van der Waals surface area contributed by atoms with Gasteiger partial charge in [-0.2, -0.15) is 0 Å². The molecule has 0 amide bonds. The maximum atomic E-state index is 6.71. The summed E-state index contributed by atoms with van der Waals surface area (Å²) < 4.78 is 20.1. The summed E-state index contributed by atoms with van der Waals surface area (Å²) in [5.41, 5.74) is 0. The van der Waals surface area contributed by atoms with Crippen LogP contribution >= 0.6 is 6.26 Å². The van der Waals surface area contributed by atoms with Gasteiger partial charge in [0.25, 0.3) is 0 Å². The predicted octanol–water partition coefficient (Wildman–Crippen LogP) is 8.40. The maximum absolute atomic E-state index is 6.71. The van der Waals surface area contributed by atoms with Gasteiger partial charge in [0.1, 0.15) is 6.26 Å². The molecular formula is C21H51O3PSSi3. The lowest BCUT2D eigenvalue weighted by molar-refractivity contribution is 0.300. The Hall–Kier alpha value is 1.18. The van der Waals surface area contributed by atoms with Crippen LogP contribution < -0.4 is 0 Å². The first-order valence-corrected chi connectivity index (χ1v) is 23.1. The van der Waals surface area contributed by atoms with Crippen LogP contribution in [0.3, 0.4) is 0 Å². The first kappa shape index (κ1) is 30.2. The molecule has 0 heterocycles. The summed E-state index contributed by atoms with van der Waals surface area (Å²) in [6.45, 7) is 20.7. The van der Waals surface area contributed by atoms with E-state index in [4.69, 9.17) is 25.2 Å². The fourth-order valence-electron chi connectivity index (χ4n) is 4.01. The van der Waals surface area contributed by atoms with Gasteiger partial charge in [0, 0.05) is 6.23 Å². The average molecular weight is 499 g/mol. The molecule has 0 aromatic heterocycles. The summed E-state index contributed by atoms with van der Waals surface area (Å²) in [6, 6.07) is 10.8. The molecule has 0 rings (SSSR count). The third-order valence-corrected chi connectivity index (χ3v) is 25.7. The Kier molecular flexibility index (Phi) is 14.9. The van der Waals surface area contributed by atoms with E-state index in [-0.39, 0.29) is 0 Å². The van der Waals surface area contributed by atoms with E-state index in [1.54, 1.807) is 0 Å². The SMILES string of the molecule is CC[Si](CC)(CC)COP(=S)(CO[Si](CC)(CC)CC)CO[Si](CC)(CC)CC. The van der Waals surface area contributed by atoms with Crippen molar-refractivity contribution < 1.29 is 13.4 Å². The standard InChI is InChI=1S/C21H51O3PSSi3/c1-10-27(11-2,12-3)21-22-25(26,19-23-28(13-4,14-5)15-6)20-24-29(16-7,17-8)18-9/h10-21H2,1-9H3. The highest BCUT2D eigenvalue weighted by molar-refractivity contribution is 8.12. The molecule has 0 aromatic carbocycles. The van der Waals surface area contributed by atoms with Gasteiger partial charge in [-0.05, 0) is 36.3 Å². The van der Waals surface area contributed by atoms with Crippen molar-refractivity contribution in [2.75, 3.05) is 18.9 Å². The van der Waals surface area contributed by atoms with Crippen LogP contribution in [-0.4, -0.2) is 43.6 Å². The monoisotopic (exact) mass is 498 g/mol. The average Bonchev–Trinajstić information content (AvgIpc) is 2.78. The second-order valence-corrected chi connectivity index (χ2v) is 28.0. The zero-order chi connectivity index (χ0) is 22.6. The molecule has 0 unspecified atom stereocenters. The molecule has 8 heteroatoms. The van der Waals surface area contributed by atoms with Gasteiger partial charge in [-0.1, -0.05) is 92.3 Å². The highest BCUT2D eigenvalue weighted by Crippen LogP contribution is 2.50. The Morgan fingerprint density at radius 1 is 0.552 bits per heavy atom. The van der Waals surface area contributed by atoms with Crippen LogP contribution in [0.25, 0.3) is 0 Å². The third-order valence-electron chi connectivity index (χ3n) is 7.86. The van der Waals surface area contributed by atoms with Crippen molar-refractivity contribution in [2.45, 2.75) is 117 Å². The van der Waals surface area contributed by atoms with Crippen LogP contribution in [-0.2, 0) is 25.2 Å². The van der Waals surface area contributed by atoms with Crippen molar-refractivity contribution >= 4 is 42.8 Å². The molecule has 0 aromatic rings. The van der Waals surface area contributed by atoms with Crippen molar-refractivity contribution in [3.05, 3.63) is 0 Å². The lowest BCUT2D eigenvalue weighted by Crippen LogP contribution is -2.40. The zero-order valence-corrected chi connectivity index (χ0v) is 25.8. The summed E-state index contributed by atoms with van der Waals surface area (Å²) in [7, 11) is -4.73. The molecule has 3 nitrogen and oxygen atoms in total. The van der Waals surface area contributed by atoms with E-state index in [1.807, 2.05) is 0 Å². The van der Waals surface area contributed by atoms with E-state index in [1.165, 1.54) is 18.1 Å². The molecule has 0 fully saturated rings. The van der Waals surface area contributed by atoms with Gasteiger partial charge in [0.05, 0.1) is 20.8 Å². The molecule has 0 N–H and O–H groups in total. The molecule has 0 aliphatic rings. The first-order valence-electron chi connectivity index (χ1n) is 12.2. The zero-order valence-electron chi connectivity index (χ0n) is 21.1. The van der Waals surface area contributed by atoms with Crippen LogP contribution in [0.4, 0.5) is 0 Å². The molecule has 0 atom stereocenters. The molecule has 0 saturated carbocycles. The summed E-state index contributed by atoms with van der Waals surface area (Å²) in [4.78, 5) is 0. The van der Waals surface area contributed by atoms with Crippen LogP contribution in [0.15, 0.2) is 0 Å². The van der Waals surface area contributed by atoms with E-state index in [0.717, 1.165) is 42.5 Å². The lowest BCUT2D eigenvalue weighted by atomic mass is 10.9. The quantitative estimate of drug-likeness (QED) is 0.140. The topological polar surface area (TPSA) is 27.7 Å². The van der Waals surface area contributed by atoms with Gasteiger partial charge in [0.15, 0.2) is 16.6 Å². The van der Waals surface area contributed by atoms with E-state index in [0.29, 0.717) is 12.7 Å². The van der Waals surface area contributed by atoms with E-state index >= 15 is 0 Å². The molecule has 0 spiro atoms.